The predicted molar refractivity (Wildman–Crippen MR) is 186 cm³/mol. The van der Waals surface area contributed by atoms with Gasteiger partial charge in [0.15, 0.2) is 0 Å². The van der Waals surface area contributed by atoms with Gasteiger partial charge < -0.3 is 10.2 Å². The van der Waals surface area contributed by atoms with Crippen molar-refractivity contribution in [3.8, 4) is 0 Å². The maximum Gasteiger partial charge on any atom is 0.264 e. The third-order valence-electron chi connectivity index (χ3n) is 7.21. The van der Waals surface area contributed by atoms with E-state index in [4.69, 9.17) is 46.4 Å². The zero-order chi connectivity index (χ0) is 33.3. The number of nitrogens with one attached hydrogen (secondary N) is 1. The van der Waals surface area contributed by atoms with Crippen molar-refractivity contribution in [3.63, 3.8) is 0 Å². The van der Waals surface area contributed by atoms with Crippen LogP contribution in [0.5, 0.6) is 0 Å². The van der Waals surface area contributed by atoms with Gasteiger partial charge in [0.1, 0.15) is 12.6 Å². The molecule has 242 valence electrons. The van der Waals surface area contributed by atoms with Gasteiger partial charge in [0.2, 0.25) is 11.8 Å². The van der Waals surface area contributed by atoms with Gasteiger partial charge in [-0.05, 0) is 72.1 Å². The fourth-order valence-corrected chi connectivity index (χ4v) is 6.83. The first-order chi connectivity index (χ1) is 22.0. The second kappa shape index (κ2) is 16.5. The molecule has 1 atom stereocenters. The van der Waals surface area contributed by atoms with E-state index in [0.29, 0.717) is 22.2 Å². The lowest BCUT2D eigenvalue weighted by Gasteiger charge is -2.34. The van der Waals surface area contributed by atoms with E-state index in [1.165, 1.54) is 35.2 Å². The van der Waals surface area contributed by atoms with Gasteiger partial charge in [0.25, 0.3) is 10.0 Å². The molecule has 4 aromatic carbocycles. The molecule has 0 saturated heterocycles. The van der Waals surface area contributed by atoms with Crippen molar-refractivity contribution in [3.05, 3.63) is 128 Å². The Morgan fingerprint density at radius 1 is 0.783 bits per heavy atom. The van der Waals surface area contributed by atoms with Gasteiger partial charge in [-0.1, -0.05) is 102 Å². The topological polar surface area (TPSA) is 86.8 Å². The van der Waals surface area contributed by atoms with Crippen LogP contribution in [-0.2, 0) is 32.6 Å². The average molecular weight is 722 g/mol. The van der Waals surface area contributed by atoms with Crippen LogP contribution in [0.2, 0.25) is 20.1 Å². The molecule has 0 saturated carbocycles. The summed E-state index contributed by atoms with van der Waals surface area (Å²) in [5, 5.41) is 4.22. The molecule has 0 radical (unpaired) electrons. The fraction of sp³-hybridized carbons (Fsp3) is 0.235. The number of benzene rings is 4. The van der Waals surface area contributed by atoms with E-state index in [0.717, 1.165) is 22.7 Å². The zero-order valence-electron chi connectivity index (χ0n) is 25.0. The Labute approximate surface area is 290 Å². The number of carbonyl (C=O) groups excluding carboxylic acids is 2. The molecule has 0 aromatic heterocycles. The summed E-state index contributed by atoms with van der Waals surface area (Å²) in [4.78, 5) is 29.6. The summed E-state index contributed by atoms with van der Waals surface area (Å²) >= 11 is 24.8. The first kappa shape index (κ1) is 35.6. The van der Waals surface area contributed by atoms with Crippen molar-refractivity contribution in [2.45, 2.75) is 43.7 Å². The van der Waals surface area contributed by atoms with Crippen LogP contribution in [0.15, 0.2) is 102 Å². The van der Waals surface area contributed by atoms with Gasteiger partial charge >= 0.3 is 0 Å². The number of hydrogen-bond donors (Lipinski definition) is 1. The van der Waals surface area contributed by atoms with Gasteiger partial charge in [0, 0.05) is 29.6 Å². The molecule has 2 amide bonds. The van der Waals surface area contributed by atoms with Crippen molar-refractivity contribution >= 4 is 73.9 Å². The van der Waals surface area contributed by atoms with Crippen LogP contribution < -0.4 is 9.62 Å². The van der Waals surface area contributed by atoms with Crippen molar-refractivity contribution in [1.29, 1.82) is 0 Å². The minimum atomic E-state index is -4.29. The molecule has 4 rings (SSSR count). The number of anilines is 1. The van der Waals surface area contributed by atoms with Crippen LogP contribution in [0.1, 0.15) is 30.9 Å². The summed E-state index contributed by atoms with van der Waals surface area (Å²) in [7, 11) is -4.29. The minimum absolute atomic E-state index is 0.0429. The van der Waals surface area contributed by atoms with E-state index in [9.17, 15) is 18.0 Å². The highest BCUT2D eigenvalue weighted by molar-refractivity contribution is 7.92. The monoisotopic (exact) mass is 719 g/mol. The maximum absolute atomic E-state index is 14.5. The Hall–Kier alpha value is -3.27. The standard InChI is InChI=1S/C34H33Cl4N3O4S/c1-2-3-18-39-34(43)32(20-24-8-5-4-6-9-24)40(22-25-12-17-30(37)31(38)19-25)33(42)23-41(28-11-7-10-27(36)21-28)46(44,45)29-15-13-26(35)14-16-29/h4-17,19,21,32H,2-3,18,20,22-23H2,1H3,(H,39,43)/t32-/m1/s1. The molecule has 4 aromatic rings. The SMILES string of the molecule is CCCCNC(=O)[C@@H](Cc1ccccc1)N(Cc1ccc(Cl)c(Cl)c1)C(=O)CN(c1cccc(Cl)c1)S(=O)(=O)c1ccc(Cl)cc1. The minimum Gasteiger partial charge on any atom is -0.354 e. The third kappa shape index (κ3) is 9.39. The molecule has 7 nitrogen and oxygen atoms in total. The Morgan fingerprint density at radius 2 is 1.50 bits per heavy atom. The van der Waals surface area contributed by atoms with Gasteiger partial charge in [-0.15, -0.1) is 0 Å². The van der Waals surface area contributed by atoms with Crippen molar-refractivity contribution < 1.29 is 18.0 Å². The molecule has 0 unspecified atom stereocenters. The second-order valence-electron chi connectivity index (χ2n) is 10.6. The van der Waals surface area contributed by atoms with E-state index in [2.05, 4.69) is 5.32 Å². The molecular formula is C34H33Cl4N3O4S. The Kier molecular flexibility index (Phi) is 12.8. The van der Waals surface area contributed by atoms with Crippen LogP contribution in [0.25, 0.3) is 0 Å². The smallest absolute Gasteiger partial charge is 0.264 e. The van der Waals surface area contributed by atoms with E-state index in [-0.39, 0.29) is 39.5 Å². The van der Waals surface area contributed by atoms with Crippen LogP contribution in [0.3, 0.4) is 0 Å². The average Bonchev–Trinajstić information content (AvgIpc) is 3.03. The summed E-state index contributed by atoms with van der Waals surface area (Å²) < 4.78 is 29.1. The van der Waals surface area contributed by atoms with Crippen molar-refractivity contribution in [2.24, 2.45) is 0 Å². The Balaban J connectivity index is 1.80. The van der Waals surface area contributed by atoms with E-state index in [1.807, 2.05) is 37.3 Å². The number of sulfonamides is 1. The number of unbranched alkanes of at least 4 members (excludes halogenated alkanes) is 1. The molecular weight excluding hydrogens is 688 g/mol. The summed E-state index contributed by atoms with van der Waals surface area (Å²) in [5.41, 5.74) is 1.61. The quantitative estimate of drug-likeness (QED) is 0.134. The Bertz CT molecular complexity index is 1760. The Morgan fingerprint density at radius 3 is 2.15 bits per heavy atom. The molecule has 12 heteroatoms. The molecule has 0 aliphatic carbocycles. The number of nitrogens with zero attached hydrogens (tertiary/aromatic N) is 2. The van der Waals surface area contributed by atoms with Gasteiger partial charge in [0.05, 0.1) is 20.6 Å². The van der Waals surface area contributed by atoms with E-state index >= 15 is 0 Å². The molecule has 0 aliphatic heterocycles. The zero-order valence-corrected chi connectivity index (χ0v) is 28.8. The highest BCUT2D eigenvalue weighted by Gasteiger charge is 2.34. The highest BCUT2D eigenvalue weighted by atomic mass is 35.5. The molecule has 1 N–H and O–H groups in total. The summed E-state index contributed by atoms with van der Waals surface area (Å²) in [5.74, 6) is -0.976. The number of halogens is 4. The fourth-order valence-electron chi connectivity index (χ4n) is 4.79. The second-order valence-corrected chi connectivity index (χ2v) is 14.1. The number of rotatable bonds is 14. The summed E-state index contributed by atoms with van der Waals surface area (Å²) in [6.45, 7) is 1.77. The first-order valence-corrected chi connectivity index (χ1v) is 17.5. The normalized spacial score (nSPS) is 11.9. The first-order valence-electron chi connectivity index (χ1n) is 14.6. The molecule has 46 heavy (non-hydrogen) atoms. The molecule has 0 heterocycles. The lowest BCUT2D eigenvalue weighted by molar-refractivity contribution is -0.140. The van der Waals surface area contributed by atoms with Crippen molar-refractivity contribution in [2.75, 3.05) is 17.4 Å². The van der Waals surface area contributed by atoms with Crippen LogP contribution in [0, 0.1) is 0 Å². The molecule has 0 aliphatic rings. The molecule has 0 bridgehead atoms. The number of amides is 2. The van der Waals surface area contributed by atoms with Gasteiger partial charge in [-0.3, -0.25) is 13.9 Å². The number of carbonyl (C=O) groups is 2. The molecule has 0 spiro atoms. The van der Waals surface area contributed by atoms with E-state index in [1.54, 1.807) is 36.4 Å². The van der Waals surface area contributed by atoms with Gasteiger partial charge in [-0.25, -0.2) is 8.42 Å². The van der Waals surface area contributed by atoms with E-state index < -0.39 is 28.5 Å². The third-order valence-corrected chi connectivity index (χ3v) is 10.2. The number of hydrogen-bond acceptors (Lipinski definition) is 4. The van der Waals surface area contributed by atoms with Crippen LogP contribution >= 0.6 is 46.4 Å². The maximum atomic E-state index is 14.5. The lowest BCUT2D eigenvalue weighted by atomic mass is 10.0. The summed E-state index contributed by atoms with van der Waals surface area (Å²) in [6, 6.07) is 25.1. The lowest BCUT2D eigenvalue weighted by Crippen LogP contribution is -2.53. The van der Waals surface area contributed by atoms with Crippen LogP contribution in [0.4, 0.5) is 5.69 Å². The molecule has 0 fully saturated rings. The van der Waals surface area contributed by atoms with Crippen molar-refractivity contribution in [1.82, 2.24) is 10.2 Å². The highest BCUT2D eigenvalue weighted by Crippen LogP contribution is 2.29. The largest absolute Gasteiger partial charge is 0.354 e. The summed E-state index contributed by atoms with van der Waals surface area (Å²) in [6.07, 6.45) is 1.81. The van der Waals surface area contributed by atoms with Crippen LogP contribution in [-0.4, -0.2) is 44.3 Å². The predicted octanol–water partition coefficient (Wildman–Crippen LogP) is 8.05. The van der Waals surface area contributed by atoms with Gasteiger partial charge in [-0.2, -0.15) is 0 Å².